The van der Waals surface area contributed by atoms with Crippen LogP contribution in [-0.4, -0.2) is 29.6 Å². The Hall–Kier alpha value is -0.840. The van der Waals surface area contributed by atoms with Crippen LogP contribution in [0, 0.1) is 0 Å². The predicted molar refractivity (Wildman–Crippen MR) is 70.2 cm³/mol. The number of nitrogens with zero attached hydrogens (tertiary/aromatic N) is 1. The SMILES string of the molecule is CC1(NC(=O)c2cc(Cl)ncc2Cl)CCOCC1. The fraction of sp³-hybridized carbons (Fsp3) is 0.500. The van der Waals surface area contributed by atoms with Crippen molar-refractivity contribution in [2.24, 2.45) is 0 Å². The average molecular weight is 289 g/mol. The topological polar surface area (TPSA) is 51.2 Å². The van der Waals surface area contributed by atoms with Gasteiger partial charge in [-0.25, -0.2) is 4.98 Å². The van der Waals surface area contributed by atoms with Crippen LogP contribution in [0.3, 0.4) is 0 Å². The molecule has 0 atom stereocenters. The summed E-state index contributed by atoms with van der Waals surface area (Å²) in [6, 6.07) is 1.47. The highest BCUT2D eigenvalue weighted by Crippen LogP contribution is 2.23. The lowest BCUT2D eigenvalue weighted by Crippen LogP contribution is -2.49. The number of carbonyl (C=O) groups is 1. The molecule has 1 aromatic rings. The summed E-state index contributed by atoms with van der Waals surface area (Å²) in [5, 5.41) is 3.54. The van der Waals surface area contributed by atoms with Crippen molar-refractivity contribution in [2.75, 3.05) is 13.2 Å². The number of amides is 1. The van der Waals surface area contributed by atoms with Crippen molar-refractivity contribution >= 4 is 29.1 Å². The highest BCUT2D eigenvalue weighted by Gasteiger charge is 2.29. The van der Waals surface area contributed by atoms with E-state index >= 15 is 0 Å². The molecule has 0 unspecified atom stereocenters. The average Bonchev–Trinajstić information content (AvgIpc) is 2.32. The molecule has 0 radical (unpaired) electrons. The summed E-state index contributed by atoms with van der Waals surface area (Å²) in [7, 11) is 0. The number of aromatic nitrogens is 1. The molecule has 6 heteroatoms. The molecule has 0 aliphatic carbocycles. The summed E-state index contributed by atoms with van der Waals surface area (Å²) in [5.74, 6) is -0.228. The van der Waals surface area contributed by atoms with Gasteiger partial charge in [0.1, 0.15) is 5.15 Å². The minimum atomic E-state index is -0.256. The molecule has 1 aliphatic rings. The van der Waals surface area contributed by atoms with Gasteiger partial charge in [0.2, 0.25) is 0 Å². The van der Waals surface area contributed by atoms with Gasteiger partial charge in [0.25, 0.3) is 5.91 Å². The maximum absolute atomic E-state index is 12.2. The van der Waals surface area contributed by atoms with Crippen LogP contribution in [0.1, 0.15) is 30.1 Å². The standard InChI is InChI=1S/C12H14Cl2N2O2/c1-12(2-4-18-5-3-12)16-11(17)8-6-10(14)15-7-9(8)13/h6-7H,2-5H2,1H3,(H,16,17). The molecular weight excluding hydrogens is 275 g/mol. The number of halogens is 2. The van der Waals surface area contributed by atoms with Gasteiger partial charge in [0, 0.05) is 24.9 Å². The molecule has 1 aromatic heterocycles. The third kappa shape index (κ3) is 3.13. The van der Waals surface area contributed by atoms with E-state index in [1.54, 1.807) is 0 Å². The van der Waals surface area contributed by atoms with Gasteiger partial charge in [-0.2, -0.15) is 0 Å². The molecule has 1 fully saturated rings. The largest absolute Gasteiger partial charge is 0.381 e. The van der Waals surface area contributed by atoms with Crippen LogP contribution in [0.15, 0.2) is 12.3 Å². The molecule has 18 heavy (non-hydrogen) atoms. The van der Waals surface area contributed by atoms with Crippen LogP contribution in [-0.2, 0) is 4.74 Å². The molecule has 1 saturated heterocycles. The van der Waals surface area contributed by atoms with Crippen molar-refractivity contribution in [3.05, 3.63) is 28.0 Å². The number of hydrogen-bond donors (Lipinski definition) is 1. The lowest BCUT2D eigenvalue weighted by Gasteiger charge is -2.34. The number of rotatable bonds is 2. The Morgan fingerprint density at radius 3 is 2.78 bits per heavy atom. The summed E-state index contributed by atoms with van der Waals surface area (Å²) >= 11 is 11.7. The fourth-order valence-electron chi connectivity index (χ4n) is 1.88. The number of pyridine rings is 1. The third-order valence-electron chi connectivity index (χ3n) is 3.08. The zero-order valence-electron chi connectivity index (χ0n) is 10.0. The summed E-state index contributed by atoms with van der Waals surface area (Å²) in [4.78, 5) is 16.0. The quantitative estimate of drug-likeness (QED) is 0.852. The molecule has 1 amide bonds. The molecular formula is C12H14Cl2N2O2. The second kappa shape index (κ2) is 5.43. The monoisotopic (exact) mass is 288 g/mol. The summed E-state index contributed by atoms with van der Waals surface area (Å²) < 4.78 is 5.29. The Morgan fingerprint density at radius 1 is 1.44 bits per heavy atom. The van der Waals surface area contributed by atoms with Crippen LogP contribution in [0.25, 0.3) is 0 Å². The number of carbonyl (C=O) groups excluding carboxylic acids is 1. The smallest absolute Gasteiger partial charge is 0.253 e. The van der Waals surface area contributed by atoms with E-state index in [0.717, 1.165) is 12.8 Å². The first kappa shape index (κ1) is 13.6. The number of hydrogen-bond acceptors (Lipinski definition) is 3. The van der Waals surface area contributed by atoms with Crippen molar-refractivity contribution in [3.63, 3.8) is 0 Å². The summed E-state index contributed by atoms with van der Waals surface area (Å²) in [5.41, 5.74) is 0.0957. The molecule has 1 aliphatic heterocycles. The van der Waals surface area contributed by atoms with E-state index in [2.05, 4.69) is 10.3 Å². The summed E-state index contributed by atoms with van der Waals surface area (Å²) in [6.07, 6.45) is 2.95. The minimum absolute atomic E-state index is 0.228. The minimum Gasteiger partial charge on any atom is -0.381 e. The maximum Gasteiger partial charge on any atom is 0.253 e. The fourth-order valence-corrected chi connectivity index (χ4v) is 2.22. The van der Waals surface area contributed by atoms with E-state index in [1.807, 2.05) is 6.92 Å². The van der Waals surface area contributed by atoms with E-state index in [9.17, 15) is 4.79 Å². The Kier molecular flexibility index (Phi) is 4.10. The van der Waals surface area contributed by atoms with Gasteiger partial charge in [-0.3, -0.25) is 4.79 Å². The van der Waals surface area contributed by atoms with Crippen molar-refractivity contribution in [2.45, 2.75) is 25.3 Å². The highest BCUT2D eigenvalue weighted by atomic mass is 35.5. The van der Waals surface area contributed by atoms with Gasteiger partial charge in [0.15, 0.2) is 0 Å². The Bertz CT molecular complexity index is 459. The second-order valence-corrected chi connectivity index (χ2v) is 5.41. The zero-order valence-corrected chi connectivity index (χ0v) is 11.5. The van der Waals surface area contributed by atoms with E-state index < -0.39 is 0 Å². The molecule has 2 rings (SSSR count). The van der Waals surface area contributed by atoms with Crippen molar-refractivity contribution in [1.82, 2.24) is 10.3 Å². The van der Waals surface area contributed by atoms with Crippen LogP contribution >= 0.6 is 23.2 Å². The third-order valence-corrected chi connectivity index (χ3v) is 3.59. The van der Waals surface area contributed by atoms with Gasteiger partial charge in [-0.15, -0.1) is 0 Å². The first-order valence-electron chi connectivity index (χ1n) is 5.71. The molecule has 1 N–H and O–H groups in total. The maximum atomic E-state index is 12.2. The van der Waals surface area contributed by atoms with Gasteiger partial charge < -0.3 is 10.1 Å². The van der Waals surface area contributed by atoms with Crippen LogP contribution in [0.2, 0.25) is 10.2 Å². The molecule has 0 bridgehead atoms. The number of nitrogens with one attached hydrogen (secondary N) is 1. The summed E-state index contributed by atoms with van der Waals surface area (Å²) in [6.45, 7) is 3.31. The Labute approximate surface area is 116 Å². The molecule has 98 valence electrons. The van der Waals surface area contributed by atoms with E-state index in [0.29, 0.717) is 23.8 Å². The lowest BCUT2D eigenvalue weighted by atomic mass is 9.92. The molecule has 0 spiro atoms. The van der Waals surface area contributed by atoms with E-state index in [4.69, 9.17) is 27.9 Å². The normalized spacial score (nSPS) is 18.4. The Morgan fingerprint density at radius 2 is 2.11 bits per heavy atom. The van der Waals surface area contributed by atoms with Crippen LogP contribution in [0.4, 0.5) is 0 Å². The van der Waals surface area contributed by atoms with E-state index in [1.165, 1.54) is 12.3 Å². The molecule has 0 aromatic carbocycles. The van der Waals surface area contributed by atoms with Crippen molar-refractivity contribution in [1.29, 1.82) is 0 Å². The predicted octanol–water partition coefficient (Wildman–Crippen LogP) is 2.69. The van der Waals surface area contributed by atoms with Crippen LogP contribution in [0.5, 0.6) is 0 Å². The van der Waals surface area contributed by atoms with Crippen molar-refractivity contribution in [3.8, 4) is 0 Å². The van der Waals surface area contributed by atoms with Crippen molar-refractivity contribution < 1.29 is 9.53 Å². The zero-order chi connectivity index (χ0) is 13.2. The molecule has 2 heterocycles. The van der Waals surface area contributed by atoms with Gasteiger partial charge in [-0.05, 0) is 25.8 Å². The second-order valence-electron chi connectivity index (χ2n) is 4.61. The van der Waals surface area contributed by atoms with E-state index in [-0.39, 0.29) is 16.6 Å². The molecule has 4 nitrogen and oxygen atoms in total. The van der Waals surface area contributed by atoms with Gasteiger partial charge in [-0.1, -0.05) is 23.2 Å². The van der Waals surface area contributed by atoms with Gasteiger partial charge >= 0.3 is 0 Å². The Balaban J connectivity index is 2.14. The highest BCUT2D eigenvalue weighted by molar-refractivity contribution is 6.35. The molecule has 0 saturated carbocycles. The number of ether oxygens (including phenoxy) is 1. The first-order chi connectivity index (χ1) is 8.50. The van der Waals surface area contributed by atoms with Gasteiger partial charge in [0.05, 0.1) is 10.6 Å². The first-order valence-corrected chi connectivity index (χ1v) is 6.47. The van der Waals surface area contributed by atoms with Crippen LogP contribution < -0.4 is 5.32 Å². The lowest BCUT2D eigenvalue weighted by molar-refractivity contribution is 0.0423.